The highest BCUT2D eigenvalue weighted by molar-refractivity contribution is 6.01. The van der Waals surface area contributed by atoms with Gasteiger partial charge in [-0.05, 0) is 30.5 Å². The summed E-state index contributed by atoms with van der Waals surface area (Å²) in [5, 5.41) is 9.65. The lowest BCUT2D eigenvalue weighted by atomic mass is 10.1. The van der Waals surface area contributed by atoms with Crippen LogP contribution in [0.2, 0.25) is 0 Å². The van der Waals surface area contributed by atoms with E-state index in [4.69, 9.17) is 4.74 Å². The first-order valence-electron chi connectivity index (χ1n) is 9.47. The third kappa shape index (κ3) is 3.59. The number of hydrogen-bond donors (Lipinski definition) is 0. The lowest BCUT2D eigenvalue weighted by Crippen LogP contribution is -2.24. The molecule has 0 N–H and O–H groups in total. The van der Waals surface area contributed by atoms with Gasteiger partial charge in [0.05, 0.1) is 24.1 Å². The van der Waals surface area contributed by atoms with Gasteiger partial charge < -0.3 is 9.30 Å². The number of imidazole rings is 1. The van der Waals surface area contributed by atoms with Gasteiger partial charge in [-0.1, -0.05) is 36.4 Å². The van der Waals surface area contributed by atoms with Crippen LogP contribution in [-0.2, 0) is 11.2 Å². The first-order valence-corrected chi connectivity index (χ1v) is 9.47. The summed E-state index contributed by atoms with van der Waals surface area (Å²) in [5.41, 5.74) is 1.23. The second kappa shape index (κ2) is 8.45. The molecule has 30 heavy (non-hydrogen) atoms. The molecule has 0 atom stereocenters. The average molecular weight is 398 g/mol. The maximum atomic E-state index is 13.1. The zero-order chi connectivity index (χ0) is 20.9. The van der Waals surface area contributed by atoms with Gasteiger partial charge in [0.1, 0.15) is 17.2 Å². The molecular weight excluding hydrogens is 380 g/mol. The zero-order valence-electron chi connectivity index (χ0n) is 16.1. The molecule has 0 saturated carbocycles. The molecule has 0 spiro atoms. The minimum Gasteiger partial charge on any atom is -0.462 e. The van der Waals surface area contributed by atoms with E-state index >= 15 is 0 Å². The van der Waals surface area contributed by atoms with Crippen molar-refractivity contribution >= 4 is 11.5 Å². The lowest BCUT2D eigenvalue weighted by Gasteiger charge is -2.15. The van der Waals surface area contributed by atoms with Crippen LogP contribution in [0.25, 0.3) is 11.2 Å². The fourth-order valence-electron chi connectivity index (χ4n) is 3.40. The van der Waals surface area contributed by atoms with Crippen molar-refractivity contribution in [3.05, 3.63) is 100 Å². The second-order valence-electron chi connectivity index (χ2n) is 6.67. The number of aromatic nitrogens is 3. The van der Waals surface area contributed by atoms with Crippen molar-refractivity contribution in [3.63, 3.8) is 0 Å². The van der Waals surface area contributed by atoms with Crippen LogP contribution in [0, 0.1) is 11.3 Å². The highest BCUT2D eigenvalue weighted by Crippen LogP contribution is 2.23. The molecule has 4 aromatic rings. The van der Waals surface area contributed by atoms with Crippen molar-refractivity contribution in [3.8, 4) is 11.8 Å². The van der Waals surface area contributed by atoms with Gasteiger partial charge in [0.25, 0.3) is 5.56 Å². The Morgan fingerprint density at radius 1 is 1.10 bits per heavy atom. The third-order valence-corrected chi connectivity index (χ3v) is 4.79. The van der Waals surface area contributed by atoms with Crippen molar-refractivity contribution in [2.45, 2.75) is 12.8 Å². The van der Waals surface area contributed by atoms with Gasteiger partial charge >= 0.3 is 5.97 Å². The van der Waals surface area contributed by atoms with Crippen molar-refractivity contribution in [2.24, 2.45) is 0 Å². The summed E-state index contributed by atoms with van der Waals surface area (Å²) in [6.07, 6.45) is 7.51. The summed E-state index contributed by atoms with van der Waals surface area (Å²) in [5.74, 6) is -0.591. The molecule has 7 heteroatoms. The van der Waals surface area contributed by atoms with E-state index in [0.717, 1.165) is 12.0 Å². The van der Waals surface area contributed by atoms with E-state index in [1.165, 1.54) is 27.7 Å². The summed E-state index contributed by atoms with van der Waals surface area (Å²) < 4.78 is 8.32. The fourth-order valence-corrected chi connectivity index (χ4v) is 3.40. The summed E-state index contributed by atoms with van der Waals surface area (Å²) >= 11 is 0. The van der Waals surface area contributed by atoms with Gasteiger partial charge in [0.2, 0.25) is 0 Å². The first kappa shape index (κ1) is 19.2. The number of fused-ring (bicyclic) bond motifs is 1. The van der Waals surface area contributed by atoms with Gasteiger partial charge in [-0.15, -0.1) is 0 Å². The molecule has 0 radical (unpaired) electrons. The molecule has 0 aliphatic heterocycles. The van der Waals surface area contributed by atoms with Crippen LogP contribution in [0.1, 0.15) is 27.9 Å². The second-order valence-corrected chi connectivity index (χ2v) is 6.67. The third-order valence-electron chi connectivity index (χ3n) is 4.79. The summed E-state index contributed by atoms with van der Waals surface area (Å²) in [6, 6.07) is 16.9. The first-order chi connectivity index (χ1) is 14.7. The molecule has 7 nitrogen and oxygen atoms in total. The number of aryl methyl sites for hydroxylation is 1. The van der Waals surface area contributed by atoms with Gasteiger partial charge in [0, 0.05) is 18.6 Å². The number of rotatable bonds is 6. The molecule has 0 aliphatic rings. The van der Waals surface area contributed by atoms with Crippen molar-refractivity contribution in [1.29, 1.82) is 5.26 Å². The van der Waals surface area contributed by atoms with E-state index in [0.29, 0.717) is 11.9 Å². The number of hydrogen-bond acceptors (Lipinski definition) is 5. The smallest absolute Gasteiger partial charge is 0.342 e. The molecule has 3 aromatic heterocycles. The number of pyridine rings is 2. The Bertz CT molecular complexity index is 1290. The van der Waals surface area contributed by atoms with Crippen LogP contribution in [0.15, 0.2) is 78.2 Å². The maximum Gasteiger partial charge on any atom is 0.342 e. The predicted octanol–water partition coefficient (Wildman–Crippen LogP) is 3.15. The van der Waals surface area contributed by atoms with Gasteiger partial charge in [-0.25, -0.2) is 9.78 Å². The standard InChI is InChI=1S/C23H18N4O3/c24-15-18-21(26-13-11-25-16-26)20(19-10-4-5-12-27(19)22(18)28)23(29)30-14-6-9-17-7-2-1-3-8-17/h1-5,7-8,10-13,16H,6,9,14H2. The molecular formula is C23H18N4O3. The van der Waals surface area contributed by atoms with E-state index in [-0.39, 0.29) is 23.4 Å². The van der Waals surface area contributed by atoms with E-state index in [9.17, 15) is 14.9 Å². The minimum atomic E-state index is -0.591. The number of benzene rings is 1. The van der Waals surface area contributed by atoms with E-state index in [2.05, 4.69) is 4.98 Å². The van der Waals surface area contributed by atoms with E-state index in [1.807, 2.05) is 36.4 Å². The van der Waals surface area contributed by atoms with Gasteiger partial charge in [-0.2, -0.15) is 5.26 Å². The van der Waals surface area contributed by atoms with Crippen LogP contribution in [0.4, 0.5) is 0 Å². The molecule has 0 saturated heterocycles. The number of ether oxygens (including phenoxy) is 1. The highest BCUT2D eigenvalue weighted by atomic mass is 16.5. The number of carbonyl (C=O) groups excluding carboxylic acids is 1. The molecule has 0 unspecified atom stereocenters. The van der Waals surface area contributed by atoms with Gasteiger partial charge in [0.15, 0.2) is 0 Å². The Labute approximate surface area is 172 Å². The van der Waals surface area contributed by atoms with E-state index < -0.39 is 11.5 Å². The minimum absolute atomic E-state index is 0.145. The predicted molar refractivity (Wildman–Crippen MR) is 111 cm³/mol. The topological polar surface area (TPSA) is 89.4 Å². The highest BCUT2D eigenvalue weighted by Gasteiger charge is 2.25. The Kier molecular flexibility index (Phi) is 5.39. The van der Waals surface area contributed by atoms with Crippen LogP contribution in [0.5, 0.6) is 0 Å². The maximum absolute atomic E-state index is 13.1. The monoisotopic (exact) mass is 398 g/mol. The Morgan fingerprint density at radius 2 is 1.90 bits per heavy atom. The molecule has 0 aliphatic carbocycles. The molecule has 0 amide bonds. The van der Waals surface area contributed by atoms with Crippen LogP contribution < -0.4 is 5.56 Å². The lowest BCUT2D eigenvalue weighted by molar-refractivity contribution is 0.0502. The summed E-state index contributed by atoms with van der Waals surface area (Å²) in [6.45, 7) is 0.219. The Morgan fingerprint density at radius 3 is 2.63 bits per heavy atom. The SMILES string of the molecule is N#Cc1c(-n2ccnc2)c(C(=O)OCCCc2ccccc2)c2ccccn2c1=O. The van der Waals surface area contributed by atoms with Crippen LogP contribution in [-0.4, -0.2) is 26.5 Å². The molecule has 0 bridgehead atoms. The van der Waals surface area contributed by atoms with Crippen LogP contribution in [0.3, 0.4) is 0 Å². The van der Waals surface area contributed by atoms with E-state index in [1.54, 1.807) is 24.4 Å². The van der Waals surface area contributed by atoms with Gasteiger partial charge in [-0.3, -0.25) is 9.20 Å². The summed E-state index contributed by atoms with van der Waals surface area (Å²) in [7, 11) is 0. The Balaban J connectivity index is 1.71. The van der Waals surface area contributed by atoms with Crippen molar-refractivity contribution < 1.29 is 9.53 Å². The quantitative estimate of drug-likeness (QED) is 0.368. The molecule has 148 valence electrons. The number of nitrogens with zero attached hydrogens (tertiary/aromatic N) is 4. The number of esters is 1. The van der Waals surface area contributed by atoms with Crippen LogP contribution >= 0.6 is 0 Å². The average Bonchev–Trinajstić information content (AvgIpc) is 3.32. The molecule has 1 aromatic carbocycles. The molecule has 3 heterocycles. The Hall–Kier alpha value is -4.18. The van der Waals surface area contributed by atoms with Crippen molar-refractivity contribution in [1.82, 2.24) is 14.0 Å². The fraction of sp³-hybridized carbons (Fsp3) is 0.130. The summed E-state index contributed by atoms with van der Waals surface area (Å²) in [4.78, 5) is 29.9. The van der Waals surface area contributed by atoms with Crippen molar-refractivity contribution in [2.75, 3.05) is 6.61 Å². The molecule has 0 fully saturated rings. The number of nitriles is 1. The number of carbonyl (C=O) groups is 1. The normalized spacial score (nSPS) is 10.6. The zero-order valence-corrected chi connectivity index (χ0v) is 16.1. The largest absolute Gasteiger partial charge is 0.462 e. The molecule has 4 rings (SSSR count).